The predicted molar refractivity (Wildman–Crippen MR) is 106 cm³/mol. The molecule has 9 nitrogen and oxygen atoms in total. The molecule has 0 saturated carbocycles. The third kappa shape index (κ3) is 5.24. The zero-order valence-electron chi connectivity index (χ0n) is 16.4. The molecule has 1 heterocycles. The van der Waals surface area contributed by atoms with Crippen molar-refractivity contribution in [2.45, 2.75) is 44.2 Å². The number of rotatable bonds is 6. The van der Waals surface area contributed by atoms with Crippen molar-refractivity contribution in [3.63, 3.8) is 0 Å². The summed E-state index contributed by atoms with van der Waals surface area (Å²) in [6, 6.07) is 5.30. The van der Waals surface area contributed by atoms with Crippen LogP contribution in [0.1, 0.15) is 36.0 Å². The molecule has 1 aromatic carbocycles. The lowest BCUT2D eigenvalue weighted by Gasteiger charge is -2.26. The van der Waals surface area contributed by atoms with E-state index in [0.717, 1.165) is 30.4 Å². The first kappa shape index (κ1) is 20.6. The normalized spacial score (nSPS) is 22.9. The van der Waals surface area contributed by atoms with Gasteiger partial charge in [-0.25, -0.2) is 4.79 Å². The van der Waals surface area contributed by atoms with Crippen LogP contribution in [0.4, 0.5) is 4.79 Å². The second-order valence-electron chi connectivity index (χ2n) is 7.61. The summed E-state index contributed by atoms with van der Waals surface area (Å²) in [5, 5.41) is 16.1. The molecule has 0 aromatic heterocycles. The molecule has 156 valence electrons. The Bertz CT molecular complexity index is 825. The van der Waals surface area contributed by atoms with Crippen LogP contribution in [0.25, 0.3) is 0 Å². The molecule has 0 radical (unpaired) electrons. The van der Waals surface area contributed by atoms with Gasteiger partial charge in [0.15, 0.2) is 0 Å². The summed E-state index contributed by atoms with van der Waals surface area (Å²) in [4.78, 5) is 35.5. The molecular weight excluding hydrogens is 374 g/mol. The molecule has 1 fully saturated rings. The number of nitrogen functional groups attached to an aromatic ring is 1. The molecule has 1 aromatic rings. The lowest BCUT2D eigenvalue weighted by atomic mass is 9.87. The Balaban J connectivity index is 1.44. The van der Waals surface area contributed by atoms with E-state index in [4.69, 9.17) is 11.1 Å². The number of urea groups is 1. The molecule has 3 atom stereocenters. The molecule has 3 amide bonds. The second-order valence-corrected chi connectivity index (χ2v) is 7.61. The Morgan fingerprint density at radius 3 is 2.86 bits per heavy atom. The minimum absolute atomic E-state index is 0.0240. The molecule has 2 aliphatic rings. The van der Waals surface area contributed by atoms with Crippen molar-refractivity contribution >= 4 is 23.7 Å². The standard InChI is InChI=1S/C20H27N5O4/c1-29-17(26)9-14-8-16(24-19(14)27)10-23-20(28)25-15-5-4-11-6-13(18(21)22)3-2-12(11)7-15/h2-3,6,14-16H,4-5,7-10H2,1H3,(H3,21,22)(H,24,27)(H2,23,25,28)/t14-,15?,16-/m0/s1. The Morgan fingerprint density at radius 2 is 2.14 bits per heavy atom. The summed E-state index contributed by atoms with van der Waals surface area (Å²) in [6.45, 7) is 0.306. The van der Waals surface area contributed by atoms with Crippen LogP contribution in [0.3, 0.4) is 0 Å². The van der Waals surface area contributed by atoms with E-state index in [1.54, 1.807) is 0 Å². The zero-order valence-corrected chi connectivity index (χ0v) is 16.4. The van der Waals surface area contributed by atoms with Crippen LogP contribution in [-0.4, -0.2) is 49.5 Å². The summed E-state index contributed by atoms with van der Waals surface area (Å²) in [5.41, 5.74) is 8.58. The van der Waals surface area contributed by atoms with E-state index in [1.165, 1.54) is 12.7 Å². The molecule has 0 spiro atoms. The quantitative estimate of drug-likeness (QED) is 0.262. The summed E-state index contributed by atoms with van der Waals surface area (Å²) < 4.78 is 4.61. The number of nitrogens with two attached hydrogens (primary N) is 1. The van der Waals surface area contributed by atoms with Crippen LogP contribution >= 0.6 is 0 Å². The first-order chi connectivity index (χ1) is 13.9. The SMILES string of the molecule is COC(=O)C[C@@H]1C[C@@H](CNC(=O)NC2CCc3cc(C(=N)N)ccc3C2)NC1=O. The van der Waals surface area contributed by atoms with Gasteiger partial charge in [0.2, 0.25) is 5.91 Å². The van der Waals surface area contributed by atoms with Gasteiger partial charge in [-0.15, -0.1) is 0 Å². The maximum absolute atomic E-state index is 12.3. The van der Waals surface area contributed by atoms with Gasteiger partial charge >= 0.3 is 12.0 Å². The number of fused-ring (bicyclic) bond motifs is 1. The van der Waals surface area contributed by atoms with E-state index in [1.807, 2.05) is 18.2 Å². The Labute approximate surface area is 169 Å². The smallest absolute Gasteiger partial charge is 0.315 e. The van der Waals surface area contributed by atoms with Gasteiger partial charge in [-0.3, -0.25) is 15.0 Å². The topological polar surface area (TPSA) is 146 Å². The molecule has 1 aliphatic heterocycles. The Morgan fingerprint density at radius 1 is 1.34 bits per heavy atom. The maximum atomic E-state index is 12.3. The molecule has 0 bridgehead atoms. The minimum Gasteiger partial charge on any atom is -0.469 e. The number of amidine groups is 1. The Kier molecular flexibility index (Phi) is 6.36. The number of hydrogen-bond acceptors (Lipinski definition) is 5. The first-order valence-corrected chi connectivity index (χ1v) is 9.73. The number of carbonyl (C=O) groups excluding carboxylic acids is 3. The van der Waals surface area contributed by atoms with Gasteiger partial charge in [0.05, 0.1) is 19.4 Å². The summed E-state index contributed by atoms with van der Waals surface area (Å²) in [5.74, 6) is -0.951. The number of nitrogens with one attached hydrogen (secondary N) is 4. The molecule has 1 aliphatic carbocycles. The van der Waals surface area contributed by atoms with Crippen molar-refractivity contribution in [1.82, 2.24) is 16.0 Å². The van der Waals surface area contributed by atoms with Crippen molar-refractivity contribution in [2.75, 3.05) is 13.7 Å². The van der Waals surface area contributed by atoms with Gasteiger partial charge in [-0.1, -0.05) is 12.1 Å². The fraction of sp³-hybridized carbons (Fsp3) is 0.500. The van der Waals surface area contributed by atoms with Gasteiger partial charge in [0, 0.05) is 24.2 Å². The fourth-order valence-electron chi connectivity index (χ4n) is 3.92. The van der Waals surface area contributed by atoms with E-state index in [9.17, 15) is 14.4 Å². The van der Waals surface area contributed by atoms with Crippen LogP contribution in [-0.2, 0) is 27.2 Å². The van der Waals surface area contributed by atoms with E-state index in [0.29, 0.717) is 13.0 Å². The van der Waals surface area contributed by atoms with Gasteiger partial charge in [0.1, 0.15) is 5.84 Å². The highest BCUT2D eigenvalue weighted by atomic mass is 16.5. The highest BCUT2D eigenvalue weighted by Crippen LogP contribution is 2.23. The lowest BCUT2D eigenvalue weighted by Crippen LogP contribution is -2.47. The van der Waals surface area contributed by atoms with E-state index in [-0.39, 0.29) is 36.3 Å². The summed E-state index contributed by atoms with van der Waals surface area (Å²) >= 11 is 0. The summed E-state index contributed by atoms with van der Waals surface area (Å²) in [7, 11) is 1.30. The highest BCUT2D eigenvalue weighted by molar-refractivity contribution is 5.95. The highest BCUT2D eigenvalue weighted by Gasteiger charge is 2.33. The van der Waals surface area contributed by atoms with Crippen molar-refractivity contribution in [2.24, 2.45) is 11.7 Å². The average Bonchev–Trinajstić information content (AvgIpc) is 3.05. The minimum atomic E-state index is -0.412. The van der Waals surface area contributed by atoms with Gasteiger partial charge in [-0.2, -0.15) is 0 Å². The van der Waals surface area contributed by atoms with Crippen LogP contribution < -0.4 is 21.7 Å². The number of benzene rings is 1. The van der Waals surface area contributed by atoms with Gasteiger partial charge < -0.3 is 26.4 Å². The number of aryl methyl sites for hydroxylation is 1. The average molecular weight is 401 g/mol. The van der Waals surface area contributed by atoms with Crippen molar-refractivity contribution in [1.29, 1.82) is 5.41 Å². The number of esters is 1. The third-order valence-electron chi connectivity index (χ3n) is 5.52. The number of methoxy groups -OCH3 is 1. The predicted octanol–water partition coefficient (Wildman–Crippen LogP) is 0.195. The van der Waals surface area contributed by atoms with E-state index in [2.05, 4.69) is 20.7 Å². The fourth-order valence-corrected chi connectivity index (χ4v) is 3.92. The number of hydrogen-bond donors (Lipinski definition) is 5. The lowest BCUT2D eigenvalue weighted by molar-refractivity contribution is -0.143. The van der Waals surface area contributed by atoms with Crippen molar-refractivity contribution in [3.05, 3.63) is 34.9 Å². The molecule has 6 N–H and O–H groups in total. The van der Waals surface area contributed by atoms with E-state index < -0.39 is 11.9 Å². The van der Waals surface area contributed by atoms with Crippen LogP contribution in [0.15, 0.2) is 18.2 Å². The molecule has 1 unspecified atom stereocenters. The second kappa shape index (κ2) is 8.93. The summed E-state index contributed by atoms with van der Waals surface area (Å²) in [6.07, 6.45) is 2.89. The number of ether oxygens (including phenoxy) is 1. The molecule has 1 saturated heterocycles. The zero-order chi connectivity index (χ0) is 21.0. The van der Waals surface area contributed by atoms with Gasteiger partial charge in [-0.05, 0) is 42.9 Å². The maximum Gasteiger partial charge on any atom is 0.315 e. The molecule has 29 heavy (non-hydrogen) atoms. The van der Waals surface area contributed by atoms with Crippen molar-refractivity contribution in [3.8, 4) is 0 Å². The molecule has 3 rings (SSSR count). The number of carbonyl (C=O) groups is 3. The van der Waals surface area contributed by atoms with Crippen LogP contribution in [0.5, 0.6) is 0 Å². The monoisotopic (exact) mass is 401 g/mol. The van der Waals surface area contributed by atoms with Gasteiger partial charge in [0.25, 0.3) is 0 Å². The number of amides is 3. The van der Waals surface area contributed by atoms with E-state index >= 15 is 0 Å². The molecule has 9 heteroatoms. The van der Waals surface area contributed by atoms with Crippen LogP contribution in [0.2, 0.25) is 0 Å². The largest absolute Gasteiger partial charge is 0.469 e. The first-order valence-electron chi connectivity index (χ1n) is 9.73. The third-order valence-corrected chi connectivity index (χ3v) is 5.52. The van der Waals surface area contributed by atoms with Crippen LogP contribution in [0, 0.1) is 11.3 Å². The molecular formula is C20H27N5O4. The Hall–Kier alpha value is -3.10. The van der Waals surface area contributed by atoms with Crippen molar-refractivity contribution < 1.29 is 19.1 Å².